The lowest BCUT2D eigenvalue weighted by Gasteiger charge is -2.20. The van der Waals surface area contributed by atoms with E-state index in [9.17, 15) is 13.2 Å². The third kappa shape index (κ3) is 3.61. The van der Waals surface area contributed by atoms with E-state index in [4.69, 9.17) is 9.15 Å². The molecule has 0 unspecified atom stereocenters. The highest BCUT2D eigenvalue weighted by atomic mass is 32.2. The Bertz CT molecular complexity index is 871. The average molecular weight is 378 g/mol. The van der Waals surface area contributed by atoms with E-state index >= 15 is 0 Å². The molecule has 140 valence electrons. The molecular formula is C18H22N2O5S. The Morgan fingerprint density at radius 1 is 1.27 bits per heavy atom. The second kappa shape index (κ2) is 7.51. The van der Waals surface area contributed by atoms with Gasteiger partial charge in [0.1, 0.15) is 16.4 Å². The Morgan fingerprint density at radius 3 is 2.62 bits per heavy atom. The summed E-state index contributed by atoms with van der Waals surface area (Å²) in [6.45, 7) is 1.27. The first-order valence-electron chi connectivity index (χ1n) is 8.39. The van der Waals surface area contributed by atoms with Crippen LogP contribution < -0.4 is 4.74 Å². The van der Waals surface area contributed by atoms with Crippen LogP contribution in [0.5, 0.6) is 5.75 Å². The molecule has 1 amide bonds. The zero-order valence-electron chi connectivity index (χ0n) is 14.8. The van der Waals surface area contributed by atoms with Gasteiger partial charge in [0.15, 0.2) is 0 Å². The highest BCUT2D eigenvalue weighted by Gasteiger charge is 2.31. The van der Waals surface area contributed by atoms with Crippen LogP contribution in [-0.4, -0.2) is 50.8 Å². The number of amides is 1. The second-order valence-corrected chi connectivity index (χ2v) is 8.12. The molecule has 0 aliphatic carbocycles. The summed E-state index contributed by atoms with van der Waals surface area (Å²) in [5.74, 6) is 0.600. The molecule has 2 heterocycles. The molecule has 0 N–H and O–H groups in total. The van der Waals surface area contributed by atoms with Crippen LogP contribution in [0.2, 0.25) is 0 Å². The van der Waals surface area contributed by atoms with E-state index in [2.05, 4.69) is 0 Å². The number of hydrogen-bond donors (Lipinski definition) is 0. The van der Waals surface area contributed by atoms with Gasteiger partial charge in [0.05, 0.1) is 19.9 Å². The molecule has 0 atom stereocenters. The third-order valence-corrected chi connectivity index (χ3v) is 6.33. The number of rotatable bonds is 6. The maximum atomic E-state index is 12.9. The number of nitrogens with zero attached hydrogens (tertiary/aromatic N) is 2. The van der Waals surface area contributed by atoms with Gasteiger partial charge in [-0.15, -0.1) is 0 Å². The summed E-state index contributed by atoms with van der Waals surface area (Å²) in [6, 6.07) is 8.02. The average Bonchev–Trinajstić information content (AvgIpc) is 3.34. The molecule has 0 saturated carbocycles. The van der Waals surface area contributed by atoms with Gasteiger partial charge in [-0.2, -0.15) is 4.31 Å². The molecule has 0 bridgehead atoms. The van der Waals surface area contributed by atoms with Crippen LogP contribution in [0, 0.1) is 0 Å². The number of methoxy groups -OCH3 is 1. The van der Waals surface area contributed by atoms with E-state index in [1.165, 1.54) is 28.4 Å². The molecule has 0 radical (unpaired) electrons. The highest BCUT2D eigenvalue weighted by Crippen LogP contribution is 2.30. The monoisotopic (exact) mass is 378 g/mol. The number of sulfonamides is 1. The first-order valence-corrected chi connectivity index (χ1v) is 9.83. The lowest BCUT2D eigenvalue weighted by molar-refractivity contribution is 0.0775. The number of benzene rings is 1. The first kappa shape index (κ1) is 18.5. The van der Waals surface area contributed by atoms with Crippen LogP contribution in [0.4, 0.5) is 0 Å². The predicted octanol–water partition coefficient (Wildman–Crippen LogP) is 2.34. The molecule has 8 heteroatoms. The lowest BCUT2D eigenvalue weighted by Crippen LogP contribution is -2.29. The standard InChI is InChI=1S/C18H22N2O5S/c1-19(13-15-6-5-11-25-15)18(21)14-7-8-16(24-2)17(12-14)26(22,23)20-9-3-4-10-20/h5-8,11-12H,3-4,9-10,13H2,1-2H3. The number of furan rings is 1. The topological polar surface area (TPSA) is 80.1 Å². The van der Waals surface area contributed by atoms with Crippen LogP contribution in [0.25, 0.3) is 0 Å². The maximum Gasteiger partial charge on any atom is 0.254 e. The van der Waals surface area contributed by atoms with Crippen LogP contribution >= 0.6 is 0 Å². The molecule has 3 rings (SSSR count). The van der Waals surface area contributed by atoms with Gasteiger partial charge in [-0.05, 0) is 43.2 Å². The van der Waals surface area contributed by atoms with Gasteiger partial charge in [-0.3, -0.25) is 4.79 Å². The molecule has 1 saturated heterocycles. The number of ether oxygens (including phenoxy) is 1. The fraction of sp³-hybridized carbons (Fsp3) is 0.389. The summed E-state index contributed by atoms with van der Waals surface area (Å²) >= 11 is 0. The maximum absolute atomic E-state index is 12.9. The highest BCUT2D eigenvalue weighted by molar-refractivity contribution is 7.89. The van der Waals surface area contributed by atoms with Crippen LogP contribution in [0.3, 0.4) is 0 Å². The molecule has 1 aliphatic heterocycles. The fourth-order valence-corrected chi connectivity index (χ4v) is 4.71. The fourth-order valence-electron chi connectivity index (χ4n) is 3.01. The van der Waals surface area contributed by atoms with Crippen molar-refractivity contribution in [1.82, 2.24) is 9.21 Å². The van der Waals surface area contributed by atoms with Crippen molar-refractivity contribution in [1.29, 1.82) is 0 Å². The summed E-state index contributed by atoms with van der Waals surface area (Å²) in [7, 11) is -0.632. The largest absolute Gasteiger partial charge is 0.495 e. The quantitative estimate of drug-likeness (QED) is 0.771. The Balaban J connectivity index is 1.90. The number of carbonyl (C=O) groups excluding carboxylic acids is 1. The van der Waals surface area contributed by atoms with E-state index < -0.39 is 10.0 Å². The van der Waals surface area contributed by atoms with Crippen molar-refractivity contribution in [2.75, 3.05) is 27.2 Å². The first-order chi connectivity index (χ1) is 12.4. The van der Waals surface area contributed by atoms with Crippen molar-refractivity contribution >= 4 is 15.9 Å². The Morgan fingerprint density at radius 2 is 2.00 bits per heavy atom. The summed E-state index contributed by atoms with van der Waals surface area (Å²) in [4.78, 5) is 14.2. The Kier molecular flexibility index (Phi) is 5.33. The van der Waals surface area contributed by atoms with Crippen molar-refractivity contribution in [3.05, 3.63) is 47.9 Å². The minimum absolute atomic E-state index is 0.0270. The summed E-state index contributed by atoms with van der Waals surface area (Å²) in [5.41, 5.74) is 0.289. The van der Waals surface area contributed by atoms with Gasteiger partial charge in [-0.25, -0.2) is 8.42 Å². The van der Waals surface area contributed by atoms with E-state index in [0.717, 1.165) is 12.8 Å². The van der Waals surface area contributed by atoms with Gasteiger partial charge in [0.2, 0.25) is 10.0 Å². The molecule has 0 spiro atoms. The predicted molar refractivity (Wildman–Crippen MR) is 95.5 cm³/mol. The van der Waals surface area contributed by atoms with Crippen LogP contribution in [-0.2, 0) is 16.6 Å². The number of carbonyl (C=O) groups is 1. The molecular weight excluding hydrogens is 356 g/mol. The van der Waals surface area contributed by atoms with E-state index in [1.807, 2.05) is 0 Å². The molecule has 1 aromatic heterocycles. The second-order valence-electron chi connectivity index (χ2n) is 6.22. The Labute approximate surface area is 153 Å². The summed E-state index contributed by atoms with van der Waals surface area (Å²) in [6.07, 6.45) is 3.22. The molecule has 1 fully saturated rings. The molecule has 2 aromatic rings. The minimum atomic E-state index is -3.69. The van der Waals surface area contributed by atoms with Gasteiger partial charge in [0.25, 0.3) is 5.91 Å². The number of hydrogen-bond acceptors (Lipinski definition) is 5. The summed E-state index contributed by atoms with van der Waals surface area (Å²) in [5, 5.41) is 0. The van der Waals surface area contributed by atoms with Crippen molar-refractivity contribution in [2.45, 2.75) is 24.3 Å². The van der Waals surface area contributed by atoms with Crippen molar-refractivity contribution < 1.29 is 22.4 Å². The van der Waals surface area contributed by atoms with Gasteiger partial charge >= 0.3 is 0 Å². The zero-order chi connectivity index (χ0) is 18.7. The molecule has 1 aromatic carbocycles. The smallest absolute Gasteiger partial charge is 0.254 e. The summed E-state index contributed by atoms with van der Waals surface area (Å²) < 4.78 is 37.8. The normalized spacial score (nSPS) is 15.2. The molecule has 7 nitrogen and oxygen atoms in total. The van der Waals surface area contributed by atoms with E-state index in [1.54, 1.807) is 31.5 Å². The van der Waals surface area contributed by atoms with Gasteiger partial charge in [0, 0.05) is 25.7 Å². The van der Waals surface area contributed by atoms with E-state index in [-0.39, 0.29) is 22.1 Å². The Hall–Kier alpha value is -2.32. The molecule has 26 heavy (non-hydrogen) atoms. The third-order valence-electron chi connectivity index (χ3n) is 4.41. The van der Waals surface area contributed by atoms with E-state index in [0.29, 0.717) is 25.4 Å². The zero-order valence-corrected chi connectivity index (χ0v) is 15.7. The lowest BCUT2D eigenvalue weighted by atomic mass is 10.2. The van der Waals surface area contributed by atoms with Gasteiger partial charge in [-0.1, -0.05) is 0 Å². The SMILES string of the molecule is COc1ccc(C(=O)N(C)Cc2ccco2)cc1S(=O)(=O)N1CCCC1. The van der Waals surface area contributed by atoms with Crippen LogP contribution in [0.15, 0.2) is 45.9 Å². The van der Waals surface area contributed by atoms with Crippen LogP contribution in [0.1, 0.15) is 29.0 Å². The minimum Gasteiger partial charge on any atom is -0.495 e. The van der Waals surface area contributed by atoms with Crippen molar-refractivity contribution in [2.24, 2.45) is 0 Å². The van der Waals surface area contributed by atoms with Crippen molar-refractivity contribution in [3.8, 4) is 5.75 Å². The van der Waals surface area contributed by atoms with Crippen molar-refractivity contribution in [3.63, 3.8) is 0 Å². The van der Waals surface area contributed by atoms with Gasteiger partial charge < -0.3 is 14.1 Å². The molecule has 1 aliphatic rings.